The fraction of sp³-hybridized carbons (Fsp3) is 0.429. The molecular formula is C7H12N2O. The molecule has 0 saturated carbocycles. The van der Waals surface area contributed by atoms with Gasteiger partial charge in [-0.1, -0.05) is 0 Å². The molecule has 0 saturated heterocycles. The summed E-state index contributed by atoms with van der Waals surface area (Å²) in [6.07, 6.45) is 1.57. The minimum Gasteiger partial charge on any atom is -0.484 e. The van der Waals surface area contributed by atoms with E-state index in [2.05, 4.69) is 16.7 Å². The van der Waals surface area contributed by atoms with E-state index in [9.17, 15) is 0 Å². The second-order valence-electron chi connectivity index (χ2n) is 1.79. The van der Waals surface area contributed by atoms with Gasteiger partial charge in [0.2, 0.25) is 0 Å². The van der Waals surface area contributed by atoms with E-state index in [1.807, 2.05) is 6.92 Å². The molecular weight excluding hydrogens is 128 g/mol. The van der Waals surface area contributed by atoms with Crippen molar-refractivity contribution >= 4 is 12.6 Å². The number of hydrogen-bond donors (Lipinski definition) is 0. The summed E-state index contributed by atoms with van der Waals surface area (Å²) < 4.78 is 4.81. The van der Waals surface area contributed by atoms with Crippen LogP contribution in [0.1, 0.15) is 13.8 Å². The Morgan fingerprint density at radius 3 is 2.50 bits per heavy atom. The second-order valence-corrected chi connectivity index (χ2v) is 1.79. The molecule has 0 aromatic carbocycles. The van der Waals surface area contributed by atoms with Crippen molar-refractivity contribution in [2.45, 2.75) is 13.8 Å². The first-order chi connectivity index (χ1) is 4.70. The molecule has 0 amide bonds. The van der Waals surface area contributed by atoms with Crippen LogP contribution in [0.3, 0.4) is 0 Å². The third-order valence-corrected chi connectivity index (χ3v) is 0.907. The summed E-state index contributed by atoms with van der Waals surface area (Å²) in [5.74, 6) is 0.623. The van der Waals surface area contributed by atoms with Crippen LogP contribution in [0.5, 0.6) is 0 Å². The number of hydrogen-bond acceptors (Lipinski definition) is 3. The van der Waals surface area contributed by atoms with Crippen LogP contribution in [-0.2, 0) is 4.74 Å². The summed E-state index contributed by atoms with van der Waals surface area (Å²) in [6, 6.07) is 0. The Labute approximate surface area is 61.1 Å². The normalized spacial score (nSPS) is 13.1. The number of aliphatic imine (C=N–C) groups is 2. The van der Waals surface area contributed by atoms with Crippen LogP contribution in [0.4, 0.5) is 0 Å². The Bertz CT molecular complexity index is 170. The van der Waals surface area contributed by atoms with E-state index in [0.717, 1.165) is 5.70 Å². The van der Waals surface area contributed by atoms with Gasteiger partial charge in [0, 0.05) is 13.1 Å². The van der Waals surface area contributed by atoms with Crippen LogP contribution in [0.2, 0.25) is 0 Å². The third-order valence-electron chi connectivity index (χ3n) is 0.907. The van der Waals surface area contributed by atoms with Crippen LogP contribution in [-0.4, -0.2) is 19.7 Å². The molecule has 0 aliphatic carbocycles. The molecule has 0 radical (unpaired) electrons. The Kier molecular flexibility index (Phi) is 4.20. The van der Waals surface area contributed by atoms with Crippen molar-refractivity contribution in [3.8, 4) is 0 Å². The van der Waals surface area contributed by atoms with Crippen LogP contribution < -0.4 is 0 Å². The molecule has 0 rings (SSSR count). The van der Waals surface area contributed by atoms with Crippen LogP contribution in [0.15, 0.2) is 21.9 Å². The highest BCUT2D eigenvalue weighted by molar-refractivity contribution is 5.74. The lowest BCUT2D eigenvalue weighted by atomic mass is 10.5. The number of rotatable bonds is 2. The van der Waals surface area contributed by atoms with Crippen molar-refractivity contribution in [1.82, 2.24) is 0 Å². The maximum Gasteiger partial charge on any atom is 0.184 e. The van der Waals surface area contributed by atoms with Gasteiger partial charge in [-0.2, -0.15) is 0 Å². The minimum absolute atomic E-state index is 0.623. The van der Waals surface area contributed by atoms with E-state index in [4.69, 9.17) is 4.74 Å². The molecule has 0 aromatic heterocycles. The van der Waals surface area contributed by atoms with E-state index < -0.39 is 0 Å². The molecule has 0 aromatic rings. The fourth-order valence-corrected chi connectivity index (χ4v) is 0.455. The lowest BCUT2D eigenvalue weighted by molar-refractivity contribution is 0.399. The van der Waals surface area contributed by atoms with E-state index >= 15 is 0 Å². The van der Waals surface area contributed by atoms with Crippen molar-refractivity contribution in [2.75, 3.05) is 7.11 Å². The largest absolute Gasteiger partial charge is 0.484 e. The topological polar surface area (TPSA) is 34.0 Å². The van der Waals surface area contributed by atoms with Gasteiger partial charge < -0.3 is 4.74 Å². The van der Waals surface area contributed by atoms with Gasteiger partial charge in [0.25, 0.3) is 0 Å². The molecule has 0 atom stereocenters. The first-order valence-corrected chi connectivity index (χ1v) is 2.92. The van der Waals surface area contributed by atoms with Gasteiger partial charge >= 0.3 is 0 Å². The van der Waals surface area contributed by atoms with E-state index in [1.165, 1.54) is 0 Å². The van der Waals surface area contributed by atoms with Gasteiger partial charge in [0.15, 0.2) is 5.90 Å². The molecule has 0 aliphatic rings. The maximum absolute atomic E-state index is 4.81. The van der Waals surface area contributed by atoms with Crippen molar-refractivity contribution in [3.05, 3.63) is 11.9 Å². The van der Waals surface area contributed by atoms with Crippen LogP contribution >= 0.6 is 0 Å². The summed E-state index contributed by atoms with van der Waals surface area (Å²) in [5.41, 5.74) is 0.786. The highest BCUT2D eigenvalue weighted by Crippen LogP contribution is 1.95. The zero-order chi connectivity index (χ0) is 7.98. The van der Waals surface area contributed by atoms with Crippen LogP contribution in [0, 0.1) is 0 Å². The molecule has 0 heterocycles. The molecule has 3 nitrogen and oxygen atoms in total. The molecule has 3 heteroatoms. The maximum atomic E-state index is 4.81. The lowest BCUT2D eigenvalue weighted by Gasteiger charge is -1.95. The summed E-state index contributed by atoms with van der Waals surface area (Å²) in [5, 5.41) is 0. The molecule has 0 fully saturated rings. The van der Waals surface area contributed by atoms with Crippen LogP contribution in [0.25, 0.3) is 0 Å². The quantitative estimate of drug-likeness (QED) is 0.424. The van der Waals surface area contributed by atoms with E-state index in [1.54, 1.807) is 20.2 Å². The van der Waals surface area contributed by atoms with E-state index in [-0.39, 0.29) is 0 Å². The van der Waals surface area contributed by atoms with Crippen molar-refractivity contribution < 1.29 is 4.74 Å². The Morgan fingerprint density at radius 1 is 1.50 bits per heavy atom. The predicted octanol–water partition coefficient (Wildman–Crippen LogP) is 1.61. The van der Waals surface area contributed by atoms with Gasteiger partial charge in [-0.3, -0.25) is 4.99 Å². The number of ether oxygens (including phenoxy) is 1. The smallest absolute Gasteiger partial charge is 0.184 e. The SMILES string of the molecule is C=N/C=C(/C)N=C(C)OC. The van der Waals surface area contributed by atoms with E-state index in [0.29, 0.717) is 5.90 Å². The minimum atomic E-state index is 0.623. The van der Waals surface area contributed by atoms with Crippen molar-refractivity contribution in [2.24, 2.45) is 9.98 Å². The van der Waals surface area contributed by atoms with Crippen molar-refractivity contribution in [3.63, 3.8) is 0 Å². The number of methoxy groups -OCH3 is 1. The monoisotopic (exact) mass is 140 g/mol. The standard InChI is InChI=1S/C7H12N2O/c1-6(5-8-3)9-7(2)10-4/h5H,3H2,1-2,4H3/b6-5-,9-7?. The summed E-state index contributed by atoms with van der Waals surface area (Å²) in [6.45, 7) is 6.91. The molecule has 56 valence electrons. The average molecular weight is 140 g/mol. The lowest BCUT2D eigenvalue weighted by Crippen LogP contribution is -1.92. The van der Waals surface area contributed by atoms with Gasteiger partial charge in [-0.25, -0.2) is 4.99 Å². The fourth-order valence-electron chi connectivity index (χ4n) is 0.455. The van der Waals surface area contributed by atoms with Gasteiger partial charge in [-0.15, -0.1) is 0 Å². The zero-order valence-corrected chi connectivity index (χ0v) is 6.59. The molecule has 10 heavy (non-hydrogen) atoms. The first-order valence-electron chi connectivity index (χ1n) is 2.92. The Balaban J connectivity index is 4.11. The molecule has 0 bridgehead atoms. The molecule has 0 spiro atoms. The van der Waals surface area contributed by atoms with Crippen molar-refractivity contribution in [1.29, 1.82) is 0 Å². The summed E-state index contributed by atoms with van der Waals surface area (Å²) >= 11 is 0. The Morgan fingerprint density at radius 2 is 2.10 bits per heavy atom. The first kappa shape index (κ1) is 8.88. The summed E-state index contributed by atoms with van der Waals surface area (Å²) in [4.78, 5) is 7.56. The number of nitrogens with zero attached hydrogens (tertiary/aromatic N) is 2. The van der Waals surface area contributed by atoms with Gasteiger partial charge in [0.1, 0.15) is 0 Å². The predicted molar refractivity (Wildman–Crippen MR) is 43.4 cm³/mol. The number of allylic oxidation sites excluding steroid dienone is 1. The third kappa shape index (κ3) is 3.83. The average Bonchev–Trinajstić information content (AvgIpc) is 1.88. The Hall–Kier alpha value is -1.12. The highest BCUT2D eigenvalue weighted by atomic mass is 16.5. The van der Waals surface area contributed by atoms with Gasteiger partial charge in [0.05, 0.1) is 12.8 Å². The summed E-state index contributed by atoms with van der Waals surface area (Å²) in [7, 11) is 1.58. The second kappa shape index (κ2) is 4.73. The highest BCUT2D eigenvalue weighted by Gasteiger charge is 1.85. The molecule has 0 aliphatic heterocycles. The molecule has 0 N–H and O–H groups in total. The van der Waals surface area contributed by atoms with Gasteiger partial charge in [-0.05, 0) is 13.6 Å². The molecule has 0 unspecified atom stereocenters. The zero-order valence-electron chi connectivity index (χ0n) is 6.59.